The normalized spacial score (nSPS) is 14.5. The van der Waals surface area contributed by atoms with Gasteiger partial charge in [-0.25, -0.2) is 0 Å². The molecule has 6 heteroatoms. The van der Waals surface area contributed by atoms with E-state index in [1.807, 2.05) is 6.92 Å². The van der Waals surface area contributed by atoms with Gasteiger partial charge >= 0.3 is 8.80 Å². The van der Waals surface area contributed by atoms with Gasteiger partial charge in [0.15, 0.2) is 0 Å². The Bertz CT molecular complexity index is 285. The third-order valence-electron chi connectivity index (χ3n) is 2.97. The molecule has 0 spiro atoms. The van der Waals surface area contributed by atoms with Crippen molar-refractivity contribution in [3.8, 4) is 0 Å². The van der Waals surface area contributed by atoms with Crippen molar-refractivity contribution in [1.82, 2.24) is 0 Å². The van der Waals surface area contributed by atoms with E-state index in [9.17, 15) is 4.57 Å². The topological polar surface area (TPSA) is 44.8 Å². The maximum absolute atomic E-state index is 12.4. The van der Waals surface area contributed by atoms with E-state index in [1.165, 1.54) is 0 Å². The van der Waals surface area contributed by atoms with Crippen molar-refractivity contribution in [1.29, 1.82) is 0 Å². The van der Waals surface area contributed by atoms with Gasteiger partial charge in [0.1, 0.15) is 13.0 Å². The van der Waals surface area contributed by atoms with Crippen molar-refractivity contribution in [2.45, 2.75) is 65.3 Å². The van der Waals surface area contributed by atoms with Gasteiger partial charge in [-0.2, -0.15) is 0 Å². The molecule has 0 aromatic rings. The quantitative estimate of drug-likeness (QED) is 0.390. The molecule has 0 aromatic carbocycles. The van der Waals surface area contributed by atoms with Crippen LogP contribution in [0.5, 0.6) is 0 Å². The summed E-state index contributed by atoms with van der Waals surface area (Å²) in [6.45, 7) is 13.1. The van der Waals surface area contributed by atoms with E-state index in [4.69, 9.17) is 13.3 Å². The molecule has 0 bridgehead atoms. The average molecular weight is 324 g/mol. The first kappa shape index (κ1) is 20.3. The summed E-state index contributed by atoms with van der Waals surface area (Å²) in [6, 6.07) is 0.795. The van der Waals surface area contributed by atoms with Crippen LogP contribution >= 0.6 is 7.14 Å². The van der Waals surface area contributed by atoms with Gasteiger partial charge in [-0.1, -0.05) is 34.1 Å². The lowest BCUT2D eigenvalue weighted by atomic mass is 10.5. The summed E-state index contributed by atoms with van der Waals surface area (Å²) in [4.78, 5) is 0. The van der Waals surface area contributed by atoms with E-state index in [-0.39, 0.29) is 5.85 Å². The van der Waals surface area contributed by atoms with Crippen LogP contribution in [-0.2, 0) is 17.8 Å². The summed E-state index contributed by atoms with van der Waals surface area (Å²) in [5.41, 5.74) is 0. The van der Waals surface area contributed by atoms with E-state index >= 15 is 0 Å². The Morgan fingerprint density at radius 1 is 0.950 bits per heavy atom. The highest BCUT2D eigenvalue weighted by Gasteiger charge is 2.44. The Morgan fingerprint density at radius 3 is 1.75 bits per heavy atom. The molecule has 0 rings (SSSR count). The zero-order chi connectivity index (χ0) is 15.6. The molecule has 0 aliphatic rings. The molecule has 20 heavy (non-hydrogen) atoms. The fourth-order valence-corrected chi connectivity index (χ4v) is 7.22. The molecule has 4 nitrogen and oxygen atoms in total. The van der Waals surface area contributed by atoms with Gasteiger partial charge in [0.25, 0.3) is 0 Å². The summed E-state index contributed by atoms with van der Waals surface area (Å²) in [6.07, 6.45) is 3.55. The van der Waals surface area contributed by atoms with Crippen molar-refractivity contribution < 1.29 is 17.8 Å². The first-order chi connectivity index (χ1) is 9.35. The van der Waals surface area contributed by atoms with Crippen molar-refractivity contribution in [3.05, 3.63) is 0 Å². The molecule has 0 N–H and O–H groups in total. The van der Waals surface area contributed by atoms with Crippen LogP contribution in [0, 0.1) is 0 Å². The van der Waals surface area contributed by atoms with Gasteiger partial charge in [0.2, 0.25) is 0 Å². The molecule has 0 amide bonds. The van der Waals surface area contributed by atoms with Crippen LogP contribution in [0.4, 0.5) is 0 Å². The summed E-state index contributed by atoms with van der Waals surface area (Å²) < 4.78 is 30.6. The Hall–Kier alpha value is 0.327. The molecule has 0 fully saturated rings. The minimum absolute atomic E-state index is 0.255. The molecule has 0 aromatic heterocycles. The molecular weight excluding hydrogens is 291 g/mol. The molecule has 0 aliphatic carbocycles. The Labute approximate surface area is 126 Å². The number of rotatable bonds is 12. The molecule has 1 atom stereocenters. The van der Waals surface area contributed by atoms with Crippen molar-refractivity contribution in [2.24, 2.45) is 0 Å². The highest BCUT2D eigenvalue weighted by molar-refractivity contribution is 7.62. The summed E-state index contributed by atoms with van der Waals surface area (Å²) in [5.74, 6) is -0.255. The zero-order valence-corrected chi connectivity index (χ0v) is 16.0. The van der Waals surface area contributed by atoms with Crippen LogP contribution in [0.2, 0.25) is 6.04 Å². The maximum Gasteiger partial charge on any atom is 0.501 e. The smallest absolute Gasteiger partial charge is 0.373 e. The van der Waals surface area contributed by atoms with Crippen molar-refractivity contribution in [3.63, 3.8) is 0 Å². The standard InChI is InChI=1S/C14H33O4PSi/c1-7-11-16-20(13-9-3,17-12-8-2)18-14(10-4)19(5,6)15/h14H,7-13H2,1-6H3. The lowest BCUT2D eigenvalue weighted by Crippen LogP contribution is -2.48. The predicted molar refractivity (Wildman–Crippen MR) is 88.0 cm³/mol. The highest BCUT2D eigenvalue weighted by Crippen LogP contribution is 2.46. The van der Waals surface area contributed by atoms with E-state index < -0.39 is 15.9 Å². The van der Waals surface area contributed by atoms with Gasteiger partial charge < -0.3 is 17.8 Å². The Balaban J connectivity index is 5.06. The fourth-order valence-electron chi connectivity index (χ4n) is 1.99. The third kappa shape index (κ3) is 7.37. The van der Waals surface area contributed by atoms with Gasteiger partial charge in [0, 0.05) is 19.3 Å². The molecule has 0 heterocycles. The van der Waals surface area contributed by atoms with Crippen LogP contribution in [0.1, 0.15) is 53.4 Å². The van der Waals surface area contributed by atoms with E-state index in [2.05, 4.69) is 20.8 Å². The third-order valence-corrected chi connectivity index (χ3v) is 8.07. The largest absolute Gasteiger partial charge is 0.501 e. The summed E-state index contributed by atoms with van der Waals surface area (Å²) in [7, 11) is -5.01. The minimum Gasteiger partial charge on any atom is -0.373 e. The lowest BCUT2D eigenvalue weighted by molar-refractivity contribution is 0.0473. The zero-order valence-electron chi connectivity index (χ0n) is 14.1. The van der Waals surface area contributed by atoms with Crippen LogP contribution < -0.4 is 0 Å². The summed E-state index contributed by atoms with van der Waals surface area (Å²) in [5, 5.41) is 0. The molecule has 122 valence electrons. The Morgan fingerprint density at radius 2 is 1.45 bits per heavy atom. The summed E-state index contributed by atoms with van der Waals surface area (Å²) >= 11 is 0. The van der Waals surface area contributed by atoms with Gasteiger partial charge in [-0.15, -0.1) is 0 Å². The first-order valence-electron chi connectivity index (χ1n) is 7.85. The highest BCUT2D eigenvalue weighted by atomic mass is 31.2. The average Bonchev–Trinajstić information content (AvgIpc) is 2.39. The molecule has 1 unspecified atom stereocenters. The lowest BCUT2D eigenvalue weighted by Gasteiger charge is -2.34. The second kappa shape index (κ2) is 10.1. The van der Waals surface area contributed by atoms with Gasteiger partial charge in [-0.05, 0) is 32.6 Å². The van der Waals surface area contributed by atoms with Gasteiger partial charge in [-0.3, -0.25) is 0 Å². The second-order valence-electron chi connectivity index (χ2n) is 5.54. The van der Waals surface area contributed by atoms with Crippen LogP contribution in [0.25, 0.3) is 0 Å². The van der Waals surface area contributed by atoms with Crippen molar-refractivity contribution >= 4 is 15.9 Å². The first-order valence-corrected chi connectivity index (χ1v) is 12.5. The van der Waals surface area contributed by atoms with Crippen LogP contribution in [0.15, 0.2) is 0 Å². The molecular formula is C14H33O4PSi. The molecule has 0 saturated heterocycles. The molecule has 0 saturated carbocycles. The Kier molecular flexibility index (Phi) is 10.3. The second-order valence-corrected chi connectivity index (χ2v) is 11.7. The van der Waals surface area contributed by atoms with Gasteiger partial charge in [0.05, 0.1) is 0 Å². The van der Waals surface area contributed by atoms with Crippen LogP contribution in [-0.4, -0.2) is 41.2 Å². The number of hydrogen-bond donors (Lipinski definition) is 0. The SMILES string of the molecule is CCCO[Si](CCC)(OCCC)OC(CC)P(C)(C)=O. The molecule has 0 aliphatic heterocycles. The monoisotopic (exact) mass is 324 g/mol. The van der Waals surface area contributed by atoms with E-state index in [1.54, 1.807) is 13.3 Å². The molecule has 0 radical (unpaired) electrons. The van der Waals surface area contributed by atoms with Crippen molar-refractivity contribution in [2.75, 3.05) is 26.5 Å². The minimum atomic E-state index is -2.70. The fraction of sp³-hybridized carbons (Fsp3) is 1.00. The maximum atomic E-state index is 12.4. The van der Waals surface area contributed by atoms with E-state index in [0.29, 0.717) is 13.2 Å². The van der Waals surface area contributed by atoms with Crippen LogP contribution in [0.3, 0.4) is 0 Å². The number of hydrogen-bond acceptors (Lipinski definition) is 4. The predicted octanol–water partition coefficient (Wildman–Crippen LogP) is 4.56. The van der Waals surface area contributed by atoms with E-state index in [0.717, 1.165) is 31.7 Å².